The van der Waals surface area contributed by atoms with Gasteiger partial charge in [-0.1, -0.05) is 36.4 Å². The molecule has 4 heteroatoms. The number of pyridine rings is 1. The Balaban J connectivity index is 1.63. The second-order valence-electron chi connectivity index (χ2n) is 5.13. The molecule has 0 bridgehead atoms. The van der Waals surface area contributed by atoms with Crippen molar-refractivity contribution in [3.63, 3.8) is 0 Å². The van der Waals surface area contributed by atoms with Crippen molar-refractivity contribution < 1.29 is 9.84 Å². The zero-order valence-electron chi connectivity index (χ0n) is 12.6. The number of aliphatic hydroxyl groups is 1. The summed E-state index contributed by atoms with van der Waals surface area (Å²) in [6, 6.07) is 21.2. The van der Waals surface area contributed by atoms with Crippen molar-refractivity contribution in [2.24, 2.45) is 0 Å². The third-order valence-electron chi connectivity index (χ3n) is 3.40. The number of anilines is 1. The molecular formula is C19H18N2O2. The van der Waals surface area contributed by atoms with E-state index in [-0.39, 0.29) is 6.61 Å². The summed E-state index contributed by atoms with van der Waals surface area (Å²) in [4.78, 5) is 4.15. The van der Waals surface area contributed by atoms with Gasteiger partial charge in [-0.25, -0.2) is 4.98 Å². The lowest BCUT2D eigenvalue weighted by Crippen LogP contribution is -1.99. The molecule has 2 N–H and O–H groups in total. The molecule has 0 saturated heterocycles. The van der Waals surface area contributed by atoms with Crippen molar-refractivity contribution in [3.8, 4) is 11.6 Å². The van der Waals surface area contributed by atoms with Gasteiger partial charge in [0.05, 0.1) is 6.61 Å². The summed E-state index contributed by atoms with van der Waals surface area (Å²) >= 11 is 0. The minimum atomic E-state index is 0.0701. The zero-order chi connectivity index (χ0) is 15.9. The summed E-state index contributed by atoms with van der Waals surface area (Å²) in [6.45, 7) is 0.777. The predicted molar refractivity (Wildman–Crippen MR) is 90.4 cm³/mol. The normalized spacial score (nSPS) is 10.3. The number of aliphatic hydroxyl groups excluding tert-OH is 1. The van der Waals surface area contributed by atoms with Crippen LogP contribution >= 0.6 is 0 Å². The van der Waals surface area contributed by atoms with Gasteiger partial charge in [0, 0.05) is 30.6 Å². The Bertz CT molecular complexity index is 743. The number of benzene rings is 2. The number of ether oxygens (including phenoxy) is 1. The summed E-state index contributed by atoms with van der Waals surface area (Å²) in [6.07, 6.45) is 1.70. The van der Waals surface area contributed by atoms with E-state index in [1.165, 1.54) is 0 Å². The van der Waals surface area contributed by atoms with E-state index in [1.54, 1.807) is 6.20 Å². The first-order valence-electron chi connectivity index (χ1n) is 7.45. The van der Waals surface area contributed by atoms with Crippen molar-refractivity contribution in [1.82, 2.24) is 4.98 Å². The van der Waals surface area contributed by atoms with E-state index >= 15 is 0 Å². The van der Waals surface area contributed by atoms with Crippen molar-refractivity contribution in [3.05, 3.63) is 84.1 Å². The smallest absolute Gasteiger partial charge is 0.219 e. The van der Waals surface area contributed by atoms with E-state index in [0.29, 0.717) is 12.4 Å². The molecule has 0 aliphatic rings. The summed E-state index contributed by atoms with van der Waals surface area (Å²) in [5.41, 5.74) is 3.04. The van der Waals surface area contributed by atoms with E-state index in [2.05, 4.69) is 10.3 Å². The lowest BCUT2D eigenvalue weighted by atomic mass is 10.1. The summed E-state index contributed by atoms with van der Waals surface area (Å²) in [7, 11) is 0. The number of hydrogen-bond donors (Lipinski definition) is 2. The van der Waals surface area contributed by atoms with Gasteiger partial charge in [0.25, 0.3) is 0 Å². The molecule has 0 atom stereocenters. The molecule has 0 amide bonds. The molecule has 3 aromatic rings. The molecule has 3 rings (SSSR count). The zero-order valence-corrected chi connectivity index (χ0v) is 12.6. The van der Waals surface area contributed by atoms with Gasteiger partial charge in [-0.15, -0.1) is 0 Å². The number of rotatable bonds is 6. The molecule has 23 heavy (non-hydrogen) atoms. The molecule has 0 unspecified atom stereocenters. The summed E-state index contributed by atoms with van der Waals surface area (Å²) in [5, 5.41) is 12.4. The van der Waals surface area contributed by atoms with Crippen molar-refractivity contribution in [2.75, 3.05) is 5.32 Å². The van der Waals surface area contributed by atoms with Crippen LogP contribution in [-0.4, -0.2) is 10.1 Å². The highest BCUT2D eigenvalue weighted by atomic mass is 16.5. The largest absolute Gasteiger partial charge is 0.439 e. The molecule has 0 aliphatic heterocycles. The minimum absolute atomic E-state index is 0.0701. The fourth-order valence-corrected chi connectivity index (χ4v) is 2.16. The first-order chi connectivity index (χ1) is 11.3. The predicted octanol–water partition coefficient (Wildman–Crippen LogP) is 3.98. The number of nitrogens with zero attached hydrogens (tertiary/aromatic N) is 1. The highest BCUT2D eigenvalue weighted by molar-refractivity contribution is 5.49. The van der Waals surface area contributed by atoms with Crippen LogP contribution in [0.5, 0.6) is 11.6 Å². The highest BCUT2D eigenvalue weighted by Gasteiger charge is 2.00. The Kier molecular flexibility index (Phi) is 4.86. The van der Waals surface area contributed by atoms with Crippen molar-refractivity contribution in [1.29, 1.82) is 0 Å². The standard InChI is InChI=1S/C19H18N2O2/c22-14-16-9-7-15(8-10-16)13-21-17-4-3-5-18(12-17)23-19-6-1-2-11-20-19/h1-12,21-22H,13-14H2. The first-order valence-corrected chi connectivity index (χ1v) is 7.45. The fraction of sp³-hybridized carbons (Fsp3) is 0.105. The third kappa shape index (κ3) is 4.31. The molecule has 0 fully saturated rings. The number of hydrogen-bond acceptors (Lipinski definition) is 4. The van der Waals surface area contributed by atoms with Gasteiger partial charge >= 0.3 is 0 Å². The van der Waals surface area contributed by atoms with Crippen LogP contribution in [0.1, 0.15) is 11.1 Å². The molecule has 0 saturated carbocycles. The number of nitrogens with one attached hydrogen (secondary N) is 1. The van der Waals surface area contributed by atoms with Gasteiger partial charge in [0.1, 0.15) is 5.75 Å². The Labute approximate surface area is 135 Å². The molecular weight excluding hydrogens is 288 g/mol. The molecule has 1 aromatic heterocycles. The maximum atomic E-state index is 9.05. The van der Waals surface area contributed by atoms with Gasteiger partial charge in [0.15, 0.2) is 0 Å². The maximum absolute atomic E-state index is 9.05. The molecule has 0 spiro atoms. The Morgan fingerprint density at radius 1 is 0.913 bits per heavy atom. The molecule has 116 valence electrons. The minimum Gasteiger partial charge on any atom is -0.439 e. The fourth-order valence-electron chi connectivity index (χ4n) is 2.16. The SMILES string of the molecule is OCc1ccc(CNc2cccc(Oc3ccccn3)c2)cc1. The van der Waals surface area contributed by atoms with Gasteiger partial charge in [-0.3, -0.25) is 0 Å². The van der Waals surface area contributed by atoms with Crippen LogP contribution < -0.4 is 10.1 Å². The van der Waals surface area contributed by atoms with Crippen LogP contribution in [0.3, 0.4) is 0 Å². The van der Waals surface area contributed by atoms with Crippen LogP contribution in [0, 0.1) is 0 Å². The lowest BCUT2D eigenvalue weighted by Gasteiger charge is -2.09. The summed E-state index contributed by atoms with van der Waals surface area (Å²) in [5.74, 6) is 1.31. The highest BCUT2D eigenvalue weighted by Crippen LogP contribution is 2.22. The Morgan fingerprint density at radius 2 is 1.74 bits per heavy atom. The molecule has 2 aromatic carbocycles. The van der Waals surface area contributed by atoms with Gasteiger partial charge in [0.2, 0.25) is 5.88 Å². The first kappa shape index (κ1) is 15.1. The maximum Gasteiger partial charge on any atom is 0.219 e. The van der Waals surface area contributed by atoms with Gasteiger partial charge < -0.3 is 15.2 Å². The topological polar surface area (TPSA) is 54.4 Å². The van der Waals surface area contributed by atoms with E-state index in [0.717, 1.165) is 22.6 Å². The Hall–Kier alpha value is -2.85. The van der Waals surface area contributed by atoms with Crippen LogP contribution in [0.15, 0.2) is 72.9 Å². The average Bonchev–Trinajstić information content (AvgIpc) is 2.62. The van der Waals surface area contributed by atoms with Gasteiger partial charge in [-0.2, -0.15) is 0 Å². The van der Waals surface area contributed by atoms with Crippen LogP contribution in [0.4, 0.5) is 5.69 Å². The van der Waals surface area contributed by atoms with Gasteiger partial charge in [-0.05, 0) is 29.3 Å². The van der Waals surface area contributed by atoms with Crippen LogP contribution in [0.2, 0.25) is 0 Å². The van der Waals surface area contributed by atoms with E-state index < -0.39 is 0 Å². The molecule has 1 heterocycles. The second-order valence-corrected chi connectivity index (χ2v) is 5.13. The Morgan fingerprint density at radius 3 is 2.48 bits per heavy atom. The van der Waals surface area contributed by atoms with Crippen LogP contribution in [-0.2, 0) is 13.2 Å². The summed E-state index contributed by atoms with van der Waals surface area (Å²) < 4.78 is 5.72. The second kappa shape index (κ2) is 7.42. The lowest BCUT2D eigenvalue weighted by molar-refractivity contribution is 0.282. The van der Waals surface area contributed by atoms with Crippen LogP contribution in [0.25, 0.3) is 0 Å². The molecule has 4 nitrogen and oxygen atoms in total. The van der Waals surface area contributed by atoms with Crippen molar-refractivity contribution in [2.45, 2.75) is 13.2 Å². The monoisotopic (exact) mass is 306 g/mol. The third-order valence-corrected chi connectivity index (χ3v) is 3.40. The van der Waals surface area contributed by atoms with E-state index in [1.807, 2.05) is 66.7 Å². The molecule has 0 radical (unpaired) electrons. The number of aromatic nitrogens is 1. The van der Waals surface area contributed by atoms with Crippen molar-refractivity contribution >= 4 is 5.69 Å². The van der Waals surface area contributed by atoms with E-state index in [9.17, 15) is 0 Å². The van der Waals surface area contributed by atoms with E-state index in [4.69, 9.17) is 9.84 Å². The quantitative estimate of drug-likeness (QED) is 0.723. The average molecular weight is 306 g/mol. The molecule has 0 aliphatic carbocycles.